The number of piperidine rings is 1. The molecule has 0 N–H and O–H groups in total. The molecule has 0 aromatic carbocycles. The van der Waals surface area contributed by atoms with Gasteiger partial charge in [0, 0.05) is 12.0 Å². The van der Waals surface area contributed by atoms with E-state index < -0.39 is 17.5 Å². The molecule has 0 unspecified atom stereocenters. The Morgan fingerprint density at radius 1 is 1.41 bits per heavy atom. The molecule has 5 heteroatoms. The van der Waals surface area contributed by atoms with E-state index in [0.717, 1.165) is 0 Å². The first-order valence-electron chi connectivity index (χ1n) is 6.02. The maximum Gasteiger partial charge on any atom is 0.392 e. The molecule has 1 fully saturated rings. The number of hydrogen-bond acceptors (Lipinski definition) is 2. The SMILES string of the molecule is CC(C)OC[C@]1(C)CN(C)CC[C@@H]1C(F)(F)F. The Hall–Kier alpha value is -0.290. The zero-order chi connectivity index (χ0) is 13.3. The molecule has 1 aliphatic heterocycles. The van der Waals surface area contributed by atoms with Gasteiger partial charge < -0.3 is 9.64 Å². The van der Waals surface area contributed by atoms with Crippen LogP contribution < -0.4 is 0 Å². The molecule has 0 aliphatic carbocycles. The molecule has 1 rings (SSSR count). The summed E-state index contributed by atoms with van der Waals surface area (Å²) in [4.78, 5) is 1.95. The van der Waals surface area contributed by atoms with E-state index in [1.54, 1.807) is 6.92 Å². The van der Waals surface area contributed by atoms with Crippen molar-refractivity contribution in [1.29, 1.82) is 0 Å². The molecule has 0 saturated carbocycles. The van der Waals surface area contributed by atoms with Gasteiger partial charge in [-0.15, -0.1) is 0 Å². The number of halogens is 3. The van der Waals surface area contributed by atoms with Crippen molar-refractivity contribution in [1.82, 2.24) is 4.90 Å². The van der Waals surface area contributed by atoms with Crippen LogP contribution in [0.25, 0.3) is 0 Å². The minimum Gasteiger partial charge on any atom is -0.378 e. The van der Waals surface area contributed by atoms with Gasteiger partial charge in [-0.3, -0.25) is 0 Å². The first-order valence-corrected chi connectivity index (χ1v) is 6.02. The summed E-state index contributed by atoms with van der Waals surface area (Å²) in [5.41, 5.74) is -0.838. The number of nitrogens with zero attached hydrogens (tertiary/aromatic N) is 1. The van der Waals surface area contributed by atoms with E-state index in [4.69, 9.17) is 4.74 Å². The molecule has 2 atom stereocenters. The van der Waals surface area contributed by atoms with Gasteiger partial charge in [-0.05, 0) is 33.9 Å². The van der Waals surface area contributed by atoms with Crippen LogP contribution in [0.3, 0.4) is 0 Å². The third-order valence-electron chi connectivity index (χ3n) is 3.41. The van der Waals surface area contributed by atoms with E-state index >= 15 is 0 Å². The van der Waals surface area contributed by atoms with Crippen LogP contribution in [0, 0.1) is 11.3 Å². The Morgan fingerprint density at radius 3 is 2.47 bits per heavy atom. The van der Waals surface area contributed by atoms with E-state index in [1.165, 1.54) is 0 Å². The molecule has 102 valence electrons. The fraction of sp³-hybridized carbons (Fsp3) is 1.00. The molecule has 1 heterocycles. The van der Waals surface area contributed by atoms with E-state index in [9.17, 15) is 13.2 Å². The molecule has 17 heavy (non-hydrogen) atoms. The van der Waals surface area contributed by atoms with Crippen LogP contribution in [0.2, 0.25) is 0 Å². The van der Waals surface area contributed by atoms with Crippen LogP contribution in [0.15, 0.2) is 0 Å². The van der Waals surface area contributed by atoms with Crippen molar-refractivity contribution >= 4 is 0 Å². The van der Waals surface area contributed by atoms with Gasteiger partial charge in [0.15, 0.2) is 0 Å². The second-order valence-corrected chi connectivity index (χ2v) is 5.63. The van der Waals surface area contributed by atoms with Crippen LogP contribution in [0.4, 0.5) is 13.2 Å². The lowest BCUT2D eigenvalue weighted by molar-refractivity contribution is -0.229. The molecule has 0 aromatic heterocycles. The fourth-order valence-electron chi connectivity index (χ4n) is 2.57. The average Bonchev–Trinajstić information content (AvgIpc) is 2.12. The predicted octanol–water partition coefficient (Wildman–Crippen LogP) is 2.93. The van der Waals surface area contributed by atoms with Gasteiger partial charge in [-0.2, -0.15) is 13.2 Å². The third kappa shape index (κ3) is 3.85. The Kier molecular flexibility index (Phi) is 4.47. The lowest BCUT2D eigenvalue weighted by atomic mass is 9.72. The number of ether oxygens (including phenoxy) is 1. The van der Waals surface area contributed by atoms with Crippen molar-refractivity contribution in [2.45, 2.75) is 39.5 Å². The Bertz CT molecular complexity index is 255. The fourth-order valence-corrected chi connectivity index (χ4v) is 2.57. The van der Waals surface area contributed by atoms with Crippen molar-refractivity contribution in [3.8, 4) is 0 Å². The van der Waals surface area contributed by atoms with E-state index in [-0.39, 0.29) is 19.1 Å². The molecule has 1 saturated heterocycles. The summed E-state index contributed by atoms with van der Waals surface area (Å²) in [5.74, 6) is -1.26. The van der Waals surface area contributed by atoms with Crippen LogP contribution in [-0.4, -0.2) is 43.9 Å². The van der Waals surface area contributed by atoms with Gasteiger partial charge >= 0.3 is 6.18 Å². The Balaban J connectivity index is 2.79. The van der Waals surface area contributed by atoms with Crippen LogP contribution >= 0.6 is 0 Å². The average molecular weight is 253 g/mol. The van der Waals surface area contributed by atoms with Gasteiger partial charge in [0.25, 0.3) is 0 Å². The Labute approximate surface area is 101 Å². The summed E-state index contributed by atoms with van der Waals surface area (Å²) in [6.07, 6.45) is -4.00. The number of rotatable bonds is 3. The second kappa shape index (κ2) is 5.14. The van der Waals surface area contributed by atoms with Crippen LogP contribution in [0.5, 0.6) is 0 Å². The summed E-state index contributed by atoms with van der Waals surface area (Å²) in [5, 5.41) is 0. The standard InChI is InChI=1S/C12H22F3NO/c1-9(2)17-8-11(3)7-16(4)6-5-10(11)12(13,14)15/h9-10H,5-8H2,1-4H3/t10-,11-/m0/s1. The van der Waals surface area contributed by atoms with Crippen molar-refractivity contribution in [2.75, 3.05) is 26.7 Å². The summed E-state index contributed by atoms with van der Waals surface area (Å²) < 4.78 is 44.5. The minimum absolute atomic E-state index is 0.0343. The number of hydrogen-bond donors (Lipinski definition) is 0. The highest BCUT2D eigenvalue weighted by Gasteiger charge is 2.53. The summed E-state index contributed by atoms with van der Waals surface area (Å²) in [7, 11) is 1.86. The zero-order valence-corrected chi connectivity index (χ0v) is 11.0. The first-order chi connectivity index (χ1) is 7.65. The van der Waals surface area contributed by atoms with Gasteiger partial charge in [-0.1, -0.05) is 6.92 Å². The van der Waals surface area contributed by atoms with Crippen LogP contribution in [-0.2, 0) is 4.74 Å². The summed E-state index contributed by atoms with van der Waals surface area (Å²) in [6, 6.07) is 0. The minimum atomic E-state index is -4.13. The number of alkyl halides is 3. The molecule has 1 aliphatic rings. The van der Waals surface area contributed by atoms with Crippen LogP contribution in [0.1, 0.15) is 27.2 Å². The predicted molar refractivity (Wildman–Crippen MR) is 60.9 cm³/mol. The van der Waals surface area contributed by atoms with Gasteiger partial charge in [0.2, 0.25) is 0 Å². The normalized spacial score (nSPS) is 32.1. The molecular formula is C12H22F3NO. The lowest BCUT2D eigenvalue weighted by Crippen LogP contribution is -2.53. The molecule has 0 amide bonds. The molecule has 2 nitrogen and oxygen atoms in total. The molecular weight excluding hydrogens is 231 g/mol. The van der Waals surface area contributed by atoms with Gasteiger partial charge in [0.05, 0.1) is 18.6 Å². The maximum atomic E-state index is 13.0. The quantitative estimate of drug-likeness (QED) is 0.766. The largest absolute Gasteiger partial charge is 0.392 e. The summed E-state index contributed by atoms with van der Waals surface area (Å²) in [6.45, 7) is 6.48. The van der Waals surface area contributed by atoms with E-state index in [2.05, 4.69) is 0 Å². The van der Waals surface area contributed by atoms with Crippen molar-refractivity contribution in [2.24, 2.45) is 11.3 Å². The first kappa shape index (κ1) is 14.8. The monoisotopic (exact) mass is 253 g/mol. The molecule has 0 bridgehead atoms. The van der Waals surface area contributed by atoms with Crippen molar-refractivity contribution in [3.05, 3.63) is 0 Å². The third-order valence-corrected chi connectivity index (χ3v) is 3.41. The molecule has 0 radical (unpaired) electrons. The van der Waals surface area contributed by atoms with Gasteiger partial charge in [-0.25, -0.2) is 0 Å². The highest BCUT2D eigenvalue weighted by atomic mass is 19.4. The van der Waals surface area contributed by atoms with Gasteiger partial charge in [0.1, 0.15) is 0 Å². The summed E-state index contributed by atoms with van der Waals surface area (Å²) >= 11 is 0. The maximum absolute atomic E-state index is 13.0. The second-order valence-electron chi connectivity index (χ2n) is 5.63. The van der Waals surface area contributed by atoms with E-state index in [1.807, 2.05) is 25.8 Å². The Morgan fingerprint density at radius 2 is 2.00 bits per heavy atom. The highest BCUT2D eigenvalue weighted by Crippen LogP contribution is 2.45. The zero-order valence-electron chi connectivity index (χ0n) is 11.0. The lowest BCUT2D eigenvalue weighted by Gasteiger charge is -2.45. The van der Waals surface area contributed by atoms with E-state index in [0.29, 0.717) is 13.1 Å². The van der Waals surface area contributed by atoms with Crippen molar-refractivity contribution < 1.29 is 17.9 Å². The topological polar surface area (TPSA) is 12.5 Å². The molecule has 0 spiro atoms. The highest BCUT2D eigenvalue weighted by molar-refractivity contribution is 4.93. The van der Waals surface area contributed by atoms with Crippen molar-refractivity contribution in [3.63, 3.8) is 0 Å². The molecule has 0 aromatic rings. The smallest absolute Gasteiger partial charge is 0.378 e. The number of likely N-dealkylation sites (tertiary alicyclic amines) is 1.